The molecular weight excluding hydrogens is 318 g/mol. The first-order valence-corrected chi connectivity index (χ1v) is 8.56. The van der Waals surface area contributed by atoms with Gasteiger partial charge in [-0.25, -0.2) is 13.8 Å². The summed E-state index contributed by atoms with van der Waals surface area (Å²) < 4.78 is 26.1. The van der Waals surface area contributed by atoms with E-state index in [1.165, 1.54) is 6.07 Å². The summed E-state index contributed by atoms with van der Waals surface area (Å²) in [4.78, 5) is 16.7. The van der Waals surface area contributed by atoms with E-state index >= 15 is 0 Å². The lowest BCUT2D eigenvalue weighted by Gasteiger charge is -2.16. The highest BCUT2D eigenvalue weighted by atomic mass is 32.1. The van der Waals surface area contributed by atoms with Gasteiger partial charge < -0.3 is 5.32 Å². The van der Waals surface area contributed by atoms with E-state index in [2.05, 4.69) is 10.3 Å². The fourth-order valence-electron chi connectivity index (χ4n) is 2.52. The third-order valence-corrected chi connectivity index (χ3v) is 4.98. The molecule has 0 radical (unpaired) electrons. The lowest BCUT2D eigenvalue weighted by molar-refractivity contribution is -0.122. The minimum atomic E-state index is -0.878. The molecule has 1 saturated carbocycles. The van der Waals surface area contributed by atoms with Gasteiger partial charge in [0.05, 0.1) is 6.04 Å². The molecule has 1 aliphatic rings. The van der Waals surface area contributed by atoms with Crippen LogP contribution in [0.1, 0.15) is 41.6 Å². The number of rotatable bonds is 6. The Balaban J connectivity index is 1.58. The van der Waals surface area contributed by atoms with Crippen LogP contribution in [0, 0.1) is 24.5 Å². The van der Waals surface area contributed by atoms with Crippen molar-refractivity contribution in [2.75, 3.05) is 0 Å². The SMILES string of the molecule is Cc1csc([C@H](NC(=O)CCc2ccc(F)c(F)c2)C2CC2)n1. The Kier molecular flexibility index (Phi) is 4.71. The highest BCUT2D eigenvalue weighted by Gasteiger charge is 2.35. The van der Waals surface area contributed by atoms with Crippen molar-refractivity contribution in [1.29, 1.82) is 0 Å². The van der Waals surface area contributed by atoms with Crippen molar-refractivity contribution in [2.24, 2.45) is 5.92 Å². The Morgan fingerprint density at radius 3 is 2.78 bits per heavy atom. The van der Waals surface area contributed by atoms with Crippen LogP contribution in [0.15, 0.2) is 23.6 Å². The van der Waals surface area contributed by atoms with Gasteiger partial charge in [-0.05, 0) is 49.8 Å². The molecule has 0 spiro atoms. The predicted octanol–water partition coefficient (Wildman–Crippen LogP) is 3.93. The molecule has 0 aliphatic heterocycles. The number of aromatic nitrogens is 1. The number of hydrogen-bond acceptors (Lipinski definition) is 3. The molecular formula is C17H18F2N2OS. The van der Waals surface area contributed by atoms with Gasteiger partial charge in [-0.1, -0.05) is 6.07 Å². The predicted molar refractivity (Wildman–Crippen MR) is 85.1 cm³/mol. The van der Waals surface area contributed by atoms with Gasteiger partial charge in [0.2, 0.25) is 5.91 Å². The Bertz CT molecular complexity index is 712. The molecule has 3 nitrogen and oxygen atoms in total. The first kappa shape index (κ1) is 16.1. The highest BCUT2D eigenvalue weighted by molar-refractivity contribution is 7.09. The van der Waals surface area contributed by atoms with Crippen LogP contribution < -0.4 is 5.32 Å². The average Bonchev–Trinajstić information content (AvgIpc) is 3.27. The van der Waals surface area contributed by atoms with Crippen LogP contribution in [0.5, 0.6) is 0 Å². The molecule has 1 aromatic heterocycles. The molecule has 0 bridgehead atoms. The van der Waals surface area contributed by atoms with Crippen LogP contribution in [-0.4, -0.2) is 10.9 Å². The monoisotopic (exact) mass is 336 g/mol. The maximum absolute atomic E-state index is 13.2. The number of benzene rings is 1. The van der Waals surface area contributed by atoms with E-state index in [4.69, 9.17) is 0 Å². The van der Waals surface area contributed by atoms with E-state index < -0.39 is 11.6 Å². The van der Waals surface area contributed by atoms with Crippen molar-refractivity contribution in [1.82, 2.24) is 10.3 Å². The Morgan fingerprint density at radius 2 is 2.17 bits per heavy atom. The molecule has 1 aliphatic carbocycles. The molecule has 0 unspecified atom stereocenters. The van der Waals surface area contributed by atoms with E-state index in [0.29, 0.717) is 17.9 Å². The molecule has 2 aromatic rings. The number of hydrogen-bond donors (Lipinski definition) is 1. The lowest BCUT2D eigenvalue weighted by Crippen LogP contribution is -2.30. The van der Waals surface area contributed by atoms with Gasteiger partial charge in [0.15, 0.2) is 11.6 Å². The quantitative estimate of drug-likeness (QED) is 0.868. The summed E-state index contributed by atoms with van der Waals surface area (Å²) in [6.45, 7) is 1.94. The zero-order valence-corrected chi connectivity index (χ0v) is 13.6. The van der Waals surface area contributed by atoms with Crippen LogP contribution in [0.2, 0.25) is 0 Å². The van der Waals surface area contributed by atoms with Crippen LogP contribution in [0.3, 0.4) is 0 Å². The number of thiazole rings is 1. The van der Waals surface area contributed by atoms with Gasteiger partial charge in [0.25, 0.3) is 0 Å². The highest BCUT2D eigenvalue weighted by Crippen LogP contribution is 2.41. The van der Waals surface area contributed by atoms with Crippen molar-refractivity contribution in [3.8, 4) is 0 Å². The number of aryl methyl sites for hydroxylation is 2. The van der Waals surface area contributed by atoms with E-state index in [0.717, 1.165) is 35.7 Å². The Morgan fingerprint density at radius 1 is 1.39 bits per heavy atom. The second-order valence-electron chi connectivity index (χ2n) is 5.96. The summed E-state index contributed by atoms with van der Waals surface area (Å²) in [7, 11) is 0. The van der Waals surface area contributed by atoms with Gasteiger partial charge >= 0.3 is 0 Å². The van der Waals surface area contributed by atoms with Gasteiger partial charge in [0.1, 0.15) is 5.01 Å². The number of nitrogens with zero attached hydrogens (tertiary/aromatic N) is 1. The van der Waals surface area contributed by atoms with Crippen molar-refractivity contribution < 1.29 is 13.6 Å². The lowest BCUT2D eigenvalue weighted by atomic mass is 10.1. The topological polar surface area (TPSA) is 42.0 Å². The third-order valence-electron chi connectivity index (χ3n) is 3.94. The van der Waals surface area contributed by atoms with Crippen LogP contribution in [0.25, 0.3) is 0 Å². The summed E-state index contributed by atoms with van der Waals surface area (Å²) in [5.41, 5.74) is 1.58. The average molecular weight is 336 g/mol. The number of halogens is 2. The van der Waals surface area contributed by atoms with Crippen LogP contribution >= 0.6 is 11.3 Å². The fraction of sp³-hybridized carbons (Fsp3) is 0.412. The Hall–Kier alpha value is -1.82. The molecule has 1 amide bonds. The molecule has 3 rings (SSSR count). The second-order valence-corrected chi connectivity index (χ2v) is 6.85. The summed E-state index contributed by atoms with van der Waals surface area (Å²) in [5, 5.41) is 5.98. The van der Waals surface area contributed by atoms with Gasteiger partial charge in [0, 0.05) is 17.5 Å². The van der Waals surface area contributed by atoms with E-state index in [9.17, 15) is 13.6 Å². The van der Waals surface area contributed by atoms with Gasteiger partial charge in [-0.2, -0.15) is 0 Å². The number of carbonyl (C=O) groups is 1. The molecule has 0 saturated heterocycles. The van der Waals surface area contributed by atoms with Crippen molar-refractivity contribution in [3.63, 3.8) is 0 Å². The molecule has 122 valence electrons. The van der Waals surface area contributed by atoms with Crippen molar-refractivity contribution in [3.05, 3.63) is 51.5 Å². The molecule has 1 atom stereocenters. The maximum atomic E-state index is 13.2. The number of amides is 1. The maximum Gasteiger partial charge on any atom is 0.220 e. The molecule has 1 heterocycles. The molecule has 1 aromatic carbocycles. The molecule has 6 heteroatoms. The zero-order chi connectivity index (χ0) is 16.4. The standard InChI is InChI=1S/C17H18F2N2OS/c1-10-9-23-17(20-10)16(12-4-5-12)21-15(22)7-3-11-2-6-13(18)14(19)8-11/h2,6,8-9,12,16H,3-5,7H2,1H3,(H,21,22)/t16-/m1/s1. The summed E-state index contributed by atoms with van der Waals surface area (Å²) in [6, 6.07) is 3.72. The Labute approximate surface area is 137 Å². The van der Waals surface area contributed by atoms with Gasteiger partial charge in [-0.15, -0.1) is 11.3 Å². The number of carbonyl (C=O) groups excluding carboxylic acids is 1. The molecule has 1 fully saturated rings. The minimum Gasteiger partial charge on any atom is -0.347 e. The third kappa shape index (κ3) is 4.13. The molecule has 1 N–H and O–H groups in total. The summed E-state index contributed by atoms with van der Waals surface area (Å²) in [5.74, 6) is -1.37. The van der Waals surface area contributed by atoms with Crippen molar-refractivity contribution >= 4 is 17.2 Å². The van der Waals surface area contributed by atoms with E-state index in [1.807, 2.05) is 12.3 Å². The summed E-state index contributed by atoms with van der Waals surface area (Å²) in [6.07, 6.45) is 2.84. The van der Waals surface area contributed by atoms with Crippen molar-refractivity contribution in [2.45, 2.75) is 38.6 Å². The normalized spacial score (nSPS) is 15.4. The number of nitrogens with one attached hydrogen (secondary N) is 1. The van der Waals surface area contributed by atoms with Gasteiger partial charge in [-0.3, -0.25) is 4.79 Å². The molecule has 23 heavy (non-hydrogen) atoms. The minimum absolute atomic E-state index is 0.0221. The van der Waals surface area contributed by atoms with E-state index in [-0.39, 0.29) is 18.4 Å². The van der Waals surface area contributed by atoms with E-state index in [1.54, 1.807) is 11.3 Å². The first-order valence-electron chi connectivity index (χ1n) is 7.68. The first-order chi connectivity index (χ1) is 11.0. The zero-order valence-electron chi connectivity index (χ0n) is 12.8. The second kappa shape index (κ2) is 6.74. The summed E-state index contributed by atoms with van der Waals surface area (Å²) >= 11 is 1.57. The largest absolute Gasteiger partial charge is 0.347 e. The smallest absolute Gasteiger partial charge is 0.220 e. The van der Waals surface area contributed by atoms with Crippen LogP contribution in [-0.2, 0) is 11.2 Å². The van der Waals surface area contributed by atoms with Crippen LogP contribution in [0.4, 0.5) is 8.78 Å². The fourth-order valence-corrected chi connectivity index (χ4v) is 3.46.